The molecule has 0 aromatic carbocycles. The van der Waals surface area contributed by atoms with Gasteiger partial charge in [-0.3, -0.25) is 14.4 Å². The lowest BCUT2D eigenvalue weighted by Crippen LogP contribution is -2.34. The van der Waals surface area contributed by atoms with Crippen molar-refractivity contribution in [3.8, 4) is 0 Å². The van der Waals surface area contributed by atoms with Gasteiger partial charge >= 0.3 is 5.97 Å². The number of likely N-dealkylation sites (tertiary alicyclic amines) is 1. The average molecular weight is 251 g/mol. The van der Waals surface area contributed by atoms with Crippen molar-refractivity contribution in [3.05, 3.63) is 18.0 Å². The molecule has 5 heteroatoms. The van der Waals surface area contributed by atoms with Crippen molar-refractivity contribution in [2.24, 2.45) is 5.92 Å². The van der Waals surface area contributed by atoms with Crippen LogP contribution in [0.25, 0.3) is 0 Å². The van der Waals surface area contributed by atoms with Gasteiger partial charge in [-0.1, -0.05) is 0 Å². The molecule has 0 aliphatic carbocycles. The second-order valence-corrected chi connectivity index (χ2v) is 4.96. The van der Waals surface area contributed by atoms with E-state index >= 15 is 0 Å². The molecule has 1 N–H and O–H groups in total. The molecule has 100 valence electrons. The highest BCUT2D eigenvalue weighted by Gasteiger charge is 2.21. The topological polar surface area (TPSA) is 58.4 Å². The lowest BCUT2D eigenvalue weighted by atomic mass is 9.93. The maximum absolute atomic E-state index is 10.7. The van der Waals surface area contributed by atoms with Gasteiger partial charge in [0.05, 0.1) is 5.69 Å². The van der Waals surface area contributed by atoms with Gasteiger partial charge in [0.25, 0.3) is 0 Å². The first-order valence-electron chi connectivity index (χ1n) is 6.64. The molecule has 5 nitrogen and oxygen atoms in total. The van der Waals surface area contributed by atoms with Gasteiger partial charge in [-0.15, -0.1) is 0 Å². The zero-order valence-electron chi connectivity index (χ0n) is 10.9. The fourth-order valence-corrected chi connectivity index (χ4v) is 2.60. The molecule has 0 atom stereocenters. The molecular formula is C13H21N3O2. The number of aromatic nitrogens is 2. The van der Waals surface area contributed by atoms with Crippen LogP contribution in [0.2, 0.25) is 0 Å². The summed E-state index contributed by atoms with van der Waals surface area (Å²) in [6, 6.07) is 2.06. The molecule has 0 radical (unpaired) electrons. The first-order valence-corrected chi connectivity index (χ1v) is 6.64. The Morgan fingerprint density at radius 1 is 1.50 bits per heavy atom. The minimum absolute atomic E-state index is 0.320. The molecule has 0 amide bonds. The van der Waals surface area contributed by atoms with Crippen LogP contribution in [-0.2, 0) is 17.9 Å². The number of carbonyl (C=O) groups is 1. The van der Waals surface area contributed by atoms with Crippen LogP contribution < -0.4 is 0 Å². The first kappa shape index (κ1) is 13.1. The molecular weight excluding hydrogens is 230 g/mol. The van der Waals surface area contributed by atoms with Crippen molar-refractivity contribution >= 4 is 5.97 Å². The third kappa shape index (κ3) is 3.32. The van der Waals surface area contributed by atoms with E-state index < -0.39 is 5.97 Å². The Morgan fingerprint density at radius 2 is 2.22 bits per heavy atom. The van der Waals surface area contributed by atoms with Gasteiger partial charge in [-0.25, -0.2) is 0 Å². The molecule has 1 saturated heterocycles. The van der Waals surface area contributed by atoms with Crippen LogP contribution in [0.4, 0.5) is 0 Å². The van der Waals surface area contributed by atoms with Crippen LogP contribution in [-0.4, -0.2) is 38.8 Å². The standard InChI is InChI=1S/C13H21N3O2/c1-2-16-12(3-6-14-16)10-15-7-4-11(5-8-15)9-13(17)18/h3,6,11H,2,4-5,7-10H2,1H3,(H,17,18). The molecule has 1 fully saturated rings. The van der Waals surface area contributed by atoms with Crippen molar-refractivity contribution in [3.63, 3.8) is 0 Å². The van der Waals surface area contributed by atoms with Gasteiger partial charge in [0, 0.05) is 25.7 Å². The van der Waals surface area contributed by atoms with Crippen molar-refractivity contribution < 1.29 is 9.90 Å². The number of aryl methyl sites for hydroxylation is 1. The molecule has 0 unspecified atom stereocenters. The zero-order valence-corrected chi connectivity index (χ0v) is 10.9. The second-order valence-electron chi connectivity index (χ2n) is 4.96. The number of hydrogen-bond acceptors (Lipinski definition) is 3. The highest BCUT2D eigenvalue weighted by molar-refractivity contribution is 5.67. The van der Waals surface area contributed by atoms with E-state index in [1.54, 1.807) is 0 Å². The molecule has 1 aromatic heterocycles. The summed E-state index contributed by atoms with van der Waals surface area (Å²) in [5.74, 6) is -0.313. The smallest absolute Gasteiger partial charge is 0.303 e. The van der Waals surface area contributed by atoms with Crippen LogP contribution in [0, 0.1) is 5.92 Å². The summed E-state index contributed by atoms with van der Waals surface area (Å²) in [6.45, 7) is 5.90. The van der Waals surface area contributed by atoms with E-state index in [0.29, 0.717) is 12.3 Å². The minimum Gasteiger partial charge on any atom is -0.481 e. The number of hydrogen-bond donors (Lipinski definition) is 1. The summed E-state index contributed by atoms with van der Waals surface area (Å²) in [5, 5.41) is 13.0. The Balaban J connectivity index is 1.81. The molecule has 18 heavy (non-hydrogen) atoms. The fraction of sp³-hybridized carbons (Fsp3) is 0.692. The van der Waals surface area contributed by atoms with Crippen LogP contribution in [0.5, 0.6) is 0 Å². The fourth-order valence-electron chi connectivity index (χ4n) is 2.60. The van der Waals surface area contributed by atoms with Gasteiger partial charge in [0.2, 0.25) is 0 Å². The van der Waals surface area contributed by atoms with Gasteiger partial charge in [-0.05, 0) is 44.8 Å². The van der Waals surface area contributed by atoms with Gasteiger partial charge in [0.15, 0.2) is 0 Å². The molecule has 0 bridgehead atoms. The Labute approximate surface area is 107 Å². The van der Waals surface area contributed by atoms with E-state index in [2.05, 4.69) is 23.0 Å². The Kier molecular flexibility index (Phi) is 4.36. The number of aliphatic carboxylic acids is 1. The van der Waals surface area contributed by atoms with E-state index in [4.69, 9.17) is 5.11 Å². The van der Waals surface area contributed by atoms with Gasteiger partial charge in [0.1, 0.15) is 0 Å². The van der Waals surface area contributed by atoms with Crippen LogP contribution >= 0.6 is 0 Å². The average Bonchev–Trinajstić information content (AvgIpc) is 2.78. The monoisotopic (exact) mass is 251 g/mol. The summed E-state index contributed by atoms with van der Waals surface area (Å²) >= 11 is 0. The molecule has 0 saturated carbocycles. The van der Waals surface area contributed by atoms with E-state index in [9.17, 15) is 4.79 Å². The van der Waals surface area contributed by atoms with Crippen LogP contribution in [0.3, 0.4) is 0 Å². The predicted octanol–water partition coefficient (Wildman–Crippen LogP) is 1.59. The number of rotatable bonds is 5. The highest BCUT2D eigenvalue weighted by atomic mass is 16.4. The molecule has 1 aliphatic heterocycles. The van der Waals surface area contributed by atoms with E-state index in [-0.39, 0.29) is 0 Å². The lowest BCUT2D eigenvalue weighted by Gasteiger charge is -2.31. The van der Waals surface area contributed by atoms with Crippen molar-refractivity contribution in [2.45, 2.75) is 39.3 Å². The molecule has 0 spiro atoms. The van der Waals surface area contributed by atoms with Crippen molar-refractivity contribution in [1.82, 2.24) is 14.7 Å². The predicted molar refractivity (Wildman–Crippen MR) is 68.2 cm³/mol. The third-order valence-electron chi connectivity index (χ3n) is 3.66. The van der Waals surface area contributed by atoms with E-state index in [1.807, 2.05) is 10.9 Å². The van der Waals surface area contributed by atoms with Crippen LogP contribution in [0.15, 0.2) is 12.3 Å². The Hall–Kier alpha value is -1.36. The van der Waals surface area contributed by atoms with E-state index in [0.717, 1.165) is 39.0 Å². The second kappa shape index (κ2) is 6.00. The maximum Gasteiger partial charge on any atom is 0.303 e. The largest absolute Gasteiger partial charge is 0.481 e. The van der Waals surface area contributed by atoms with Gasteiger partial charge in [-0.2, -0.15) is 5.10 Å². The number of piperidine rings is 1. The minimum atomic E-state index is -0.669. The highest BCUT2D eigenvalue weighted by Crippen LogP contribution is 2.21. The number of nitrogens with zero attached hydrogens (tertiary/aromatic N) is 3. The van der Waals surface area contributed by atoms with Crippen LogP contribution in [0.1, 0.15) is 31.9 Å². The SMILES string of the molecule is CCn1nccc1CN1CCC(CC(=O)O)CC1. The molecule has 1 aliphatic rings. The van der Waals surface area contributed by atoms with E-state index in [1.165, 1.54) is 5.69 Å². The molecule has 2 rings (SSSR count). The van der Waals surface area contributed by atoms with Crippen molar-refractivity contribution in [1.29, 1.82) is 0 Å². The zero-order chi connectivity index (χ0) is 13.0. The normalized spacial score (nSPS) is 18.1. The Morgan fingerprint density at radius 3 is 2.83 bits per heavy atom. The number of carboxylic acid groups (broad SMARTS) is 1. The quantitative estimate of drug-likeness (QED) is 0.863. The lowest BCUT2D eigenvalue weighted by molar-refractivity contribution is -0.138. The first-order chi connectivity index (χ1) is 8.69. The number of carboxylic acids is 1. The maximum atomic E-state index is 10.7. The summed E-state index contributed by atoms with van der Waals surface area (Å²) in [5.41, 5.74) is 1.24. The summed E-state index contributed by atoms with van der Waals surface area (Å²) in [4.78, 5) is 13.1. The summed E-state index contributed by atoms with van der Waals surface area (Å²) in [6.07, 6.45) is 4.15. The molecule has 2 heterocycles. The van der Waals surface area contributed by atoms with Crippen molar-refractivity contribution in [2.75, 3.05) is 13.1 Å². The Bertz CT molecular complexity index is 395. The third-order valence-corrected chi connectivity index (χ3v) is 3.66. The molecule has 1 aromatic rings. The summed E-state index contributed by atoms with van der Waals surface area (Å²) < 4.78 is 2.02. The van der Waals surface area contributed by atoms with Gasteiger partial charge < -0.3 is 5.11 Å². The summed E-state index contributed by atoms with van der Waals surface area (Å²) in [7, 11) is 0.